The number of carbonyl (C=O) groups excluding carboxylic acids is 1. The van der Waals surface area contributed by atoms with Gasteiger partial charge >= 0.3 is 0 Å². The summed E-state index contributed by atoms with van der Waals surface area (Å²) in [5.41, 5.74) is 0.753. The van der Waals surface area contributed by atoms with Gasteiger partial charge in [-0.3, -0.25) is 4.79 Å². The molecule has 0 unspecified atom stereocenters. The van der Waals surface area contributed by atoms with Crippen LogP contribution in [0.1, 0.15) is 16.7 Å². The molecule has 1 aromatic heterocycles. The van der Waals surface area contributed by atoms with Crippen molar-refractivity contribution in [2.24, 2.45) is 0 Å². The summed E-state index contributed by atoms with van der Waals surface area (Å²) < 4.78 is 1.11. The molecular weight excluding hydrogens is 236 g/mol. The van der Waals surface area contributed by atoms with Crippen LogP contribution in [-0.2, 0) is 4.79 Å². The van der Waals surface area contributed by atoms with E-state index in [9.17, 15) is 4.79 Å². The SMILES string of the molecule is CC(C=O)=Cc1cc(Br)c(C)s1. The number of aryl methyl sites for hydroxylation is 1. The van der Waals surface area contributed by atoms with Crippen molar-refractivity contribution in [3.63, 3.8) is 0 Å². The summed E-state index contributed by atoms with van der Waals surface area (Å²) in [5, 5.41) is 0. The van der Waals surface area contributed by atoms with Crippen LogP contribution in [-0.4, -0.2) is 6.29 Å². The van der Waals surface area contributed by atoms with Gasteiger partial charge in [-0.1, -0.05) is 0 Å². The van der Waals surface area contributed by atoms with Gasteiger partial charge in [0.05, 0.1) is 0 Å². The third-order valence-electron chi connectivity index (χ3n) is 1.43. The summed E-state index contributed by atoms with van der Waals surface area (Å²) in [7, 11) is 0. The van der Waals surface area contributed by atoms with E-state index in [0.717, 1.165) is 21.2 Å². The minimum Gasteiger partial charge on any atom is -0.298 e. The Labute approximate surface area is 84.2 Å². The quantitative estimate of drug-likeness (QED) is 0.576. The minimum atomic E-state index is 0.753. The summed E-state index contributed by atoms with van der Waals surface area (Å²) in [4.78, 5) is 12.7. The molecule has 0 atom stereocenters. The van der Waals surface area contributed by atoms with E-state index in [-0.39, 0.29) is 0 Å². The highest BCUT2D eigenvalue weighted by molar-refractivity contribution is 9.10. The van der Waals surface area contributed by atoms with Gasteiger partial charge in [0.2, 0.25) is 0 Å². The van der Waals surface area contributed by atoms with E-state index in [1.54, 1.807) is 18.3 Å². The lowest BCUT2D eigenvalue weighted by atomic mass is 10.3. The third kappa shape index (κ3) is 2.29. The molecule has 0 fully saturated rings. The molecule has 0 N–H and O–H groups in total. The molecule has 0 radical (unpaired) electrons. The minimum absolute atomic E-state index is 0.753. The van der Waals surface area contributed by atoms with Crippen LogP contribution in [0.25, 0.3) is 6.08 Å². The number of hydrogen-bond donors (Lipinski definition) is 0. The zero-order valence-electron chi connectivity index (χ0n) is 6.93. The van der Waals surface area contributed by atoms with Crippen LogP contribution in [0, 0.1) is 6.92 Å². The van der Waals surface area contributed by atoms with Gasteiger partial charge in [0.25, 0.3) is 0 Å². The summed E-state index contributed by atoms with van der Waals surface area (Å²) in [6.45, 7) is 3.85. The average molecular weight is 245 g/mol. The summed E-state index contributed by atoms with van der Waals surface area (Å²) in [5.74, 6) is 0. The Morgan fingerprint density at radius 3 is 2.75 bits per heavy atom. The predicted molar refractivity (Wildman–Crippen MR) is 56.5 cm³/mol. The van der Waals surface area contributed by atoms with Gasteiger partial charge in [0, 0.05) is 14.2 Å². The van der Waals surface area contributed by atoms with Crippen LogP contribution in [0.3, 0.4) is 0 Å². The monoisotopic (exact) mass is 244 g/mol. The molecule has 0 saturated heterocycles. The Kier molecular flexibility index (Phi) is 3.23. The van der Waals surface area contributed by atoms with E-state index in [0.29, 0.717) is 0 Å². The lowest BCUT2D eigenvalue weighted by Crippen LogP contribution is -1.72. The van der Waals surface area contributed by atoms with E-state index in [2.05, 4.69) is 15.9 Å². The molecule has 3 heteroatoms. The highest BCUT2D eigenvalue weighted by atomic mass is 79.9. The lowest BCUT2D eigenvalue weighted by Gasteiger charge is -1.84. The second-order valence-corrected chi connectivity index (χ2v) is 4.70. The van der Waals surface area contributed by atoms with Crippen molar-refractivity contribution < 1.29 is 4.79 Å². The summed E-state index contributed by atoms with van der Waals surface area (Å²) in [6.07, 6.45) is 2.75. The van der Waals surface area contributed by atoms with Gasteiger partial charge in [-0.15, -0.1) is 11.3 Å². The molecule has 1 heterocycles. The van der Waals surface area contributed by atoms with Crippen LogP contribution < -0.4 is 0 Å². The Balaban J connectivity index is 2.97. The Bertz CT molecular complexity index is 306. The topological polar surface area (TPSA) is 17.1 Å². The maximum absolute atomic E-state index is 10.3. The van der Waals surface area contributed by atoms with E-state index in [1.807, 2.05) is 19.1 Å². The molecule has 12 heavy (non-hydrogen) atoms. The molecule has 64 valence electrons. The van der Waals surface area contributed by atoms with Gasteiger partial charge in [0.15, 0.2) is 0 Å². The van der Waals surface area contributed by atoms with Crippen molar-refractivity contribution in [2.45, 2.75) is 13.8 Å². The smallest absolute Gasteiger partial charge is 0.145 e. The van der Waals surface area contributed by atoms with Crippen molar-refractivity contribution in [1.29, 1.82) is 0 Å². The van der Waals surface area contributed by atoms with Crippen molar-refractivity contribution >= 4 is 39.6 Å². The van der Waals surface area contributed by atoms with Crippen LogP contribution in [0.4, 0.5) is 0 Å². The van der Waals surface area contributed by atoms with Crippen LogP contribution in [0.2, 0.25) is 0 Å². The first-order valence-corrected chi connectivity index (χ1v) is 5.14. The van der Waals surface area contributed by atoms with Crippen molar-refractivity contribution in [1.82, 2.24) is 0 Å². The van der Waals surface area contributed by atoms with E-state index in [4.69, 9.17) is 0 Å². The molecule has 0 aliphatic rings. The first-order valence-electron chi connectivity index (χ1n) is 3.53. The Morgan fingerprint density at radius 2 is 2.33 bits per heavy atom. The highest BCUT2D eigenvalue weighted by Crippen LogP contribution is 2.27. The number of halogens is 1. The second kappa shape index (κ2) is 4.01. The van der Waals surface area contributed by atoms with Gasteiger partial charge in [-0.05, 0) is 47.5 Å². The fraction of sp³-hybridized carbons (Fsp3) is 0.222. The molecule has 1 aromatic rings. The van der Waals surface area contributed by atoms with Crippen LogP contribution >= 0.6 is 27.3 Å². The summed E-state index contributed by atoms with van der Waals surface area (Å²) >= 11 is 5.10. The molecule has 0 amide bonds. The van der Waals surface area contributed by atoms with Crippen molar-refractivity contribution in [3.8, 4) is 0 Å². The largest absolute Gasteiger partial charge is 0.298 e. The average Bonchev–Trinajstić information content (AvgIpc) is 2.31. The molecule has 0 aliphatic heterocycles. The molecule has 0 aliphatic carbocycles. The molecule has 1 rings (SSSR count). The molecular formula is C9H9BrOS. The fourth-order valence-corrected chi connectivity index (χ4v) is 2.38. The number of aldehydes is 1. The number of hydrogen-bond acceptors (Lipinski definition) is 2. The first-order chi connectivity index (χ1) is 5.63. The normalized spacial score (nSPS) is 11.8. The van der Waals surface area contributed by atoms with Gasteiger partial charge in [-0.25, -0.2) is 0 Å². The number of carbonyl (C=O) groups is 1. The zero-order valence-corrected chi connectivity index (χ0v) is 9.33. The predicted octanol–water partition coefficient (Wildman–Crippen LogP) is 3.42. The van der Waals surface area contributed by atoms with Gasteiger partial charge in [0.1, 0.15) is 6.29 Å². The fourth-order valence-electron chi connectivity index (χ4n) is 0.811. The highest BCUT2D eigenvalue weighted by Gasteiger charge is 1.99. The maximum atomic E-state index is 10.3. The molecule has 1 nitrogen and oxygen atoms in total. The molecule has 0 bridgehead atoms. The van der Waals surface area contributed by atoms with Crippen LogP contribution in [0.5, 0.6) is 0 Å². The molecule has 0 aromatic carbocycles. The Hall–Kier alpha value is -0.410. The van der Waals surface area contributed by atoms with Crippen molar-refractivity contribution in [2.75, 3.05) is 0 Å². The number of rotatable bonds is 2. The second-order valence-electron chi connectivity index (χ2n) is 2.56. The molecule has 0 spiro atoms. The van der Waals surface area contributed by atoms with Gasteiger partial charge < -0.3 is 0 Å². The lowest BCUT2D eigenvalue weighted by molar-refractivity contribution is -0.104. The van der Waals surface area contributed by atoms with E-state index >= 15 is 0 Å². The van der Waals surface area contributed by atoms with Gasteiger partial charge in [-0.2, -0.15) is 0 Å². The first kappa shape index (κ1) is 9.68. The van der Waals surface area contributed by atoms with E-state index in [1.165, 1.54) is 4.88 Å². The summed E-state index contributed by atoms with van der Waals surface area (Å²) in [6, 6.07) is 2.02. The molecule has 0 saturated carbocycles. The number of allylic oxidation sites excluding steroid dienone is 1. The number of thiophene rings is 1. The standard InChI is InChI=1S/C9H9BrOS/c1-6(5-11)3-8-4-9(10)7(2)12-8/h3-5H,1-2H3. The maximum Gasteiger partial charge on any atom is 0.145 e. The van der Waals surface area contributed by atoms with E-state index < -0.39 is 0 Å². The zero-order chi connectivity index (χ0) is 9.14. The third-order valence-corrected chi connectivity index (χ3v) is 3.52. The Morgan fingerprint density at radius 1 is 1.67 bits per heavy atom. The van der Waals surface area contributed by atoms with Crippen molar-refractivity contribution in [3.05, 3.63) is 25.9 Å². The van der Waals surface area contributed by atoms with Crippen LogP contribution in [0.15, 0.2) is 16.1 Å².